The van der Waals surface area contributed by atoms with E-state index >= 15 is 0 Å². The smallest absolute Gasteiger partial charge is 0.255 e. The summed E-state index contributed by atoms with van der Waals surface area (Å²) in [5, 5.41) is 2.87. The lowest BCUT2D eigenvalue weighted by molar-refractivity contribution is 0.102. The summed E-state index contributed by atoms with van der Waals surface area (Å²) < 4.78 is 26.1. The largest absolute Gasteiger partial charge is 0.321 e. The van der Waals surface area contributed by atoms with E-state index in [9.17, 15) is 13.2 Å². The highest BCUT2D eigenvalue weighted by atomic mass is 32.2. The summed E-state index contributed by atoms with van der Waals surface area (Å²) in [5.74, 6) is -0.371. The molecule has 2 N–H and O–H groups in total. The Labute approximate surface area is 162 Å². The van der Waals surface area contributed by atoms with E-state index in [4.69, 9.17) is 0 Å². The fourth-order valence-electron chi connectivity index (χ4n) is 2.39. The van der Waals surface area contributed by atoms with Crippen molar-refractivity contribution >= 4 is 33.4 Å². The van der Waals surface area contributed by atoms with Crippen LogP contribution in [-0.2, 0) is 10.0 Å². The number of sulfonamides is 1. The number of amides is 1. The van der Waals surface area contributed by atoms with Crippen molar-refractivity contribution in [2.75, 3.05) is 12.4 Å². The Morgan fingerprint density at radius 3 is 2.33 bits per heavy atom. The van der Waals surface area contributed by atoms with Gasteiger partial charge in [0.1, 0.15) is 0 Å². The third-order valence-electron chi connectivity index (χ3n) is 3.78. The van der Waals surface area contributed by atoms with Crippen LogP contribution in [0.4, 0.5) is 5.69 Å². The lowest BCUT2D eigenvalue weighted by Gasteiger charge is -2.11. The number of anilines is 1. The molecular formula is C20H18N2O3S2. The Kier molecular flexibility index (Phi) is 5.95. The van der Waals surface area contributed by atoms with Gasteiger partial charge in [-0.1, -0.05) is 48.2 Å². The van der Waals surface area contributed by atoms with Crippen LogP contribution in [0.1, 0.15) is 10.4 Å². The van der Waals surface area contributed by atoms with Crippen molar-refractivity contribution in [3.05, 3.63) is 84.4 Å². The van der Waals surface area contributed by atoms with Crippen molar-refractivity contribution < 1.29 is 13.2 Å². The quantitative estimate of drug-likeness (QED) is 0.658. The van der Waals surface area contributed by atoms with Gasteiger partial charge in [0.2, 0.25) is 10.0 Å². The van der Waals surface area contributed by atoms with Crippen LogP contribution in [0.5, 0.6) is 0 Å². The van der Waals surface area contributed by atoms with Crippen LogP contribution >= 0.6 is 11.8 Å². The van der Waals surface area contributed by atoms with Crippen molar-refractivity contribution in [1.82, 2.24) is 4.72 Å². The van der Waals surface area contributed by atoms with Gasteiger partial charge in [-0.15, -0.1) is 0 Å². The Hall–Kier alpha value is -2.61. The van der Waals surface area contributed by atoms with Crippen molar-refractivity contribution in [1.29, 1.82) is 0 Å². The molecule has 0 saturated heterocycles. The maximum absolute atomic E-state index is 12.7. The molecule has 3 rings (SSSR count). The molecule has 0 aliphatic rings. The van der Waals surface area contributed by atoms with Gasteiger partial charge >= 0.3 is 0 Å². The molecule has 0 fully saturated rings. The molecule has 0 radical (unpaired) electrons. The summed E-state index contributed by atoms with van der Waals surface area (Å²) in [7, 11) is -2.28. The first-order chi connectivity index (χ1) is 13.0. The van der Waals surface area contributed by atoms with E-state index in [0.29, 0.717) is 5.69 Å². The highest BCUT2D eigenvalue weighted by Gasteiger charge is 2.15. The van der Waals surface area contributed by atoms with Crippen LogP contribution in [0.15, 0.2) is 93.5 Å². The Bertz CT molecular complexity index is 1050. The van der Waals surface area contributed by atoms with Crippen molar-refractivity contribution in [3.63, 3.8) is 0 Å². The molecule has 0 atom stereocenters. The third kappa shape index (κ3) is 4.77. The Balaban J connectivity index is 1.84. The van der Waals surface area contributed by atoms with Gasteiger partial charge in [-0.25, -0.2) is 13.1 Å². The Morgan fingerprint density at radius 2 is 1.59 bits per heavy atom. The van der Waals surface area contributed by atoms with Crippen molar-refractivity contribution in [2.45, 2.75) is 14.7 Å². The number of rotatable bonds is 6. The molecule has 7 heteroatoms. The monoisotopic (exact) mass is 398 g/mol. The SMILES string of the molecule is CNS(=O)(=O)c1cccc(C(=O)Nc2ccccc2Sc2ccccc2)c1. The van der Waals surface area contributed by atoms with Crippen LogP contribution in [-0.4, -0.2) is 21.4 Å². The molecule has 1 amide bonds. The molecule has 3 aromatic carbocycles. The van der Waals surface area contributed by atoms with Crippen molar-refractivity contribution in [2.24, 2.45) is 0 Å². The van der Waals surface area contributed by atoms with Gasteiger partial charge in [-0.05, 0) is 49.5 Å². The molecular weight excluding hydrogens is 380 g/mol. The highest BCUT2D eigenvalue weighted by Crippen LogP contribution is 2.33. The van der Waals surface area contributed by atoms with Gasteiger partial charge in [0, 0.05) is 15.4 Å². The van der Waals surface area contributed by atoms with Gasteiger partial charge in [0.25, 0.3) is 5.91 Å². The average Bonchev–Trinajstić information content (AvgIpc) is 2.70. The maximum Gasteiger partial charge on any atom is 0.255 e. The standard InChI is InChI=1S/C20H18N2O3S2/c1-21-27(24,25)17-11-7-8-15(14-17)20(23)22-18-12-5-6-13-19(18)26-16-9-3-2-4-10-16/h2-14,21H,1H3,(H,22,23). The van der Waals surface area contributed by atoms with Gasteiger partial charge in [0.05, 0.1) is 10.6 Å². The van der Waals surface area contributed by atoms with Crippen LogP contribution in [0, 0.1) is 0 Å². The number of carbonyl (C=O) groups excluding carboxylic acids is 1. The summed E-state index contributed by atoms with van der Waals surface area (Å²) in [6, 6.07) is 23.3. The molecule has 5 nitrogen and oxygen atoms in total. The average molecular weight is 399 g/mol. The number of nitrogens with one attached hydrogen (secondary N) is 2. The van der Waals surface area contributed by atoms with E-state index < -0.39 is 10.0 Å². The summed E-state index contributed by atoms with van der Waals surface area (Å²) in [6.45, 7) is 0. The lowest BCUT2D eigenvalue weighted by Crippen LogP contribution is -2.19. The zero-order valence-electron chi connectivity index (χ0n) is 14.5. The van der Waals surface area contributed by atoms with Gasteiger partial charge in [0.15, 0.2) is 0 Å². The van der Waals surface area contributed by atoms with Gasteiger partial charge in [-0.2, -0.15) is 0 Å². The van der Waals surface area contributed by atoms with E-state index in [1.54, 1.807) is 23.9 Å². The molecule has 0 heterocycles. The summed E-state index contributed by atoms with van der Waals surface area (Å²) in [5.41, 5.74) is 0.934. The third-order valence-corrected chi connectivity index (χ3v) is 6.28. The van der Waals surface area contributed by atoms with E-state index in [1.165, 1.54) is 19.2 Å². The van der Waals surface area contributed by atoms with Crippen LogP contribution in [0.25, 0.3) is 0 Å². The number of hydrogen-bond acceptors (Lipinski definition) is 4. The number of para-hydroxylation sites is 1. The number of hydrogen-bond donors (Lipinski definition) is 2. The van der Waals surface area contributed by atoms with Gasteiger partial charge in [-0.3, -0.25) is 4.79 Å². The topological polar surface area (TPSA) is 75.3 Å². The zero-order valence-corrected chi connectivity index (χ0v) is 16.2. The first kappa shape index (κ1) is 19.2. The van der Waals surface area contributed by atoms with E-state index in [0.717, 1.165) is 9.79 Å². The maximum atomic E-state index is 12.7. The lowest BCUT2D eigenvalue weighted by atomic mass is 10.2. The molecule has 0 bridgehead atoms. The van der Waals surface area contributed by atoms with E-state index in [1.807, 2.05) is 54.6 Å². The molecule has 0 saturated carbocycles. The minimum Gasteiger partial charge on any atom is -0.321 e. The second-order valence-electron chi connectivity index (χ2n) is 5.60. The molecule has 0 aliphatic heterocycles. The first-order valence-electron chi connectivity index (χ1n) is 8.16. The molecule has 138 valence electrons. The van der Waals surface area contributed by atoms with E-state index in [2.05, 4.69) is 10.0 Å². The number of benzene rings is 3. The van der Waals surface area contributed by atoms with Crippen LogP contribution in [0.2, 0.25) is 0 Å². The van der Waals surface area contributed by atoms with Crippen LogP contribution < -0.4 is 10.0 Å². The minimum absolute atomic E-state index is 0.0459. The predicted octanol–water partition coefficient (Wildman–Crippen LogP) is 4.00. The predicted molar refractivity (Wildman–Crippen MR) is 108 cm³/mol. The minimum atomic E-state index is -3.61. The second-order valence-corrected chi connectivity index (χ2v) is 8.60. The Morgan fingerprint density at radius 1 is 0.889 bits per heavy atom. The fraction of sp³-hybridized carbons (Fsp3) is 0.0500. The summed E-state index contributed by atoms with van der Waals surface area (Å²) in [4.78, 5) is 14.7. The first-order valence-corrected chi connectivity index (χ1v) is 10.5. The molecule has 0 unspecified atom stereocenters. The van der Waals surface area contributed by atoms with Crippen LogP contribution in [0.3, 0.4) is 0 Å². The molecule has 3 aromatic rings. The number of carbonyl (C=O) groups is 1. The molecule has 0 aliphatic carbocycles. The van der Waals surface area contributed by atoms with Gasteiger partial charge < -0.3 is 5.32 Å². The fourth-order valence-corrected chi connectivity index (χ4v) is 4.09. The normalized spacial score (nSPS) is 11.1. The summed E-state index contributed by atoms with van der Waals surface area (Å²) in [6.07, 6.45) is 0. The van der Waals surface area contributed by atoms with Crippen molar-refractivity contribution in [3.8, 4) is 0 Å². The molecule has 0 aromatic heterocycles. The summed E-state index contributed by atoms with van der Waals surface area (Å²) >= 11 is 1.54. The second kappa shape index (κ2) is 8.39. The molecule has 27 heavy (non-hydrogen) atoms. The highest BCUT2D eigenvalue weighted by molar-refractivity contribution is 7.99. The zero-order chi connectivity index (χ0) is 19.3. The molecule has 0 spiro atoms. The van der Waals surface area contributed by atoms with E-state index in [-0.39, 0.29) is 16.4 Å².